The highest BCUT2D eigenvalue weighted by Crippen LogP contribution is 2.09. The molecule has 1 aromatic heterocycles. The number of hydrogen-bond donors (Lipinski definition) is 1. The molecule has 0 aromatic carbocycles. The molecule has 0 spiro atoms. The average Bonchev–Trinajstić information content (AvgIpc) is 2.89. The minimum absolute atomic E-state index is 0.0782. The van der Waals surface area contributed by atoms with Crippen molar-refractivity contribution in [1.29, 1.82) is 0 Å². The van der Waals surface area contributed by atoms with E-state index in [0.29, 0.717) is 5.92 Å². The van der Waals surface area contributed by atoms with Crippen molar-refractivity contribution in [1.82, 2.24) is 14.8 Å². The number of rotatable bonds is 7. The first-order valence-corrected chi connectivity index (χ1v) is 7.34. The van der Waals surface area contributed by atoms with Crippen LogP contribution in [0.5, 0.6) is 0 Å². The molecular formula is C15H25N3O. The Bertz CT molecular complexity index is 423. The zero-order valence-corrected chi connectivity index (χ0v) is 11.8. The fourth-order valence-electron chi connectivity index (χ4n) is 2.66. The zero-order chi connectivity index (χ0) is 13.5. The van der Waals surface area contributed by atoms with Crippen LogP contribution in [0.3, 0.4) is 0 Å². The Morgan fingerprint density at radius 2 is 2.11 bits per heavy atom. The van der Waals surface area contributed by atoms with Crippen molar-refractivity contribution in [2.45, 2.75) is 26.3 Å². The first-order valence-electron chi connectivity index (χ1n) is 7.34. The maximum absolute atomic E-state index is 11.5. The Labute approximate surface area is 115 Å². The molecule has 1 N–H and O–H groups in total. The number of pyridine rings is 1. The summed E-state index contributed by atoms with van der Waals surface area (Å²) in [5, 5.41) is 3.45. The summed E-state index contributed by atoms with van der Waals surface area (Å²) in [6.45, 7) is 8.65. The Morgan fingerprint density at radius 1 is 1.32 bits per heavy atom. The number of hydrogen-bond acceptors (Lipinski definition) is 3. The summed E-state index contributed by atoms with van der Waals surface area (Å²) in [4.78, 5) is 14.1. The Hall–Kier alpha value is -1.13. The van der Waals surface area contributed by atoms with Crippen LogP contribution in [0.1, 0.15) is 19.8 Å². The molecule has 1 unspecified atom stereocenters. The highest BCUT2D eigenvalue weighted by atomic mass is 16.1. The normalized spacial score (nSPS) is 17.7. The third kappa shape index (κ3) is 4.80. The van der Waals surface area contributed by atoms with Crippen LogP contribution in [0, 0.1) is 5.92 Å². The number of aromatic nitrogens is 1. The summed E-state index contributed by atoms with van der Waals surface area (Å²) >= 11 is 0. The predicted molar refractivity (Wildman–Crippen MR) is 78.4 cm³/mol. The van der Waals surface area contributed by atoms with E-state index in [0.717, 1.165) is 19.6 Å². The van der Waals surface area contributed by atoms with Gasteiger partial charge < -0.3 is 14.8 Å². The Kier molecular flexibility index (Phi) is 5.61. The lowest BCUT2D eigenvalue weighted by atomic mass is 10.1. The van der Waals surface area contributed by atoms with Crippen LogP contribution in [-0.4, -0.2) is 42.2 Å². The highest BCUT2D eigenvalue weighted by Gasteiger charge is 2.13. The van der Waals surface area contributed by atoms with Gasteiger partial charge in [0.2, 0.25) is 0 Å². The monoisotopic (exact) mass is 263 g/mol. The summed E-state index contributed by atoms with van der Waals surface area (Å²) in [6, 6.07) is 5.29. The summed E-state index contributed by atoms with van der Waals surface area (Å²) < 4.78 is 1.75. The van der Waals surface area contributed by atoms with Crippen LogP contribution in [0.25, 0.3) is 0 Å². The topological polar surface area (TPSA) is 37.3 Å². The lowest BCUT2D eigenvalue weighted by Gasteiger charge is -2.20. The van der Waals surface area contributed by atoms with E-state index in [-0.39, 0.29) is 5.56 Å². The van der Waals surface area contributed by atoms with Crippen molar-refractivity contribution in [3.05, 3.63) is 34.7 Å². The summed E-state index contributed by atoms with van der Waals surface area (Å²) in [7, 11) is 0. The largest absolute Gasteiger partial charge is 0.315 e. The molecule has 1 atom stereocenters. The molecule has 106 valence electrons. The second kappa shape index (κ2) is 7.46. The highest BCUT2D eigenvalue weighted by molar-refractivity contribution is 4.93. The summed E-state index contributed by atoms with van der Waals surface area (Å²) in [5.41, 5.74) is 0.0782. The van der Waals surface area contributed by atoms with E-state index in [9.17, 15) is 4.79 Å². The minimum atomic E-state index is 0.0782. The molecule has 0 radical (unpaired) electrons. The SMILES string of the molecule is CC(CNCCn1ccccc1=O)CN1CCCC1. The third-order valence-corrected chi connectivity index (χ3v) is 3.69. The summed E-state index contributed by atoms with van der Waals surface area (Å²) in [5.74, 6) is 0.672. The van der Waals surface area contributed by atoms with Gasteiger partial charge >= 0.3 is 0 Å². The standard InChI is InChI=1S/C15H25N3O/c1-14(13-17-8-4-5-9-17)12-16-7-11-18-10-3-2-6-15(18)19/h2-3,6,10,14,16H,4-5,7-9,11-13H2,1H3. The van der Waals surface area contributed by atoms with Crippen molar-refractivity contribution in [2.24, 2.45) is 5.92 Å². The summed E-state index contributed by atoms with van der Waals surface area (Å²) in [6.07, 6.45) is 4.56. The van der Waals surface area contributed by atoms with E-state index in [2.05, 4.69) is 17.1 Å². The first-order chi connectivity index (χ1) is 9.25. The first kappa shape index (κ1) is 14.3. The van der Waals surface area contributed by atoms with Crippen molar-refractivity contribution in [2.75, 3.05) is 32.7 Å². The Balaban J connectivity index is 1.61. The van der Waals surface area contributed by atoms with Crippen molar-refractivity contribution in [3.63, 3.8) is 0 Å². The second-order valence-corrected chi connectivity index (χ2v) is 5.55. The van der Waals surface area contributed by atoms with Gasteiger partial charge in [0.05, 0.1) is 0 Å². The van der Waals surface area contributed by atoms with Gasteiger partial charge in [-0.05, 0) is 44.5 Å². The zero-order valence-electron chi connectivity index (χ0n) is 11.8. The van der Waals surface area contributed by atoms with E-state index < -0.39 is 0 Å². The molecule has 1 aliphatic heterocycles. The molecule has 1 fully saturated rings. The van der Waals surface area contributed by atoms with Crippen LogP contribution in [-0.2, 0) is 6.54 Å². The molecule has 1 aromatic rings. The van der Waals surface area contributed by atoms with E-state index in [1.54, 1.807) is 16.7 Å². The van der Waals surface area contributed by atoms with Crippen LogP contribution in [0.15, 0.2) is 29.2 Å². The number of nitrogens with zero attached hydrogens (tertiary/aromatic N) is 2. The molecule has 0 amide bonds. The van der Waals surface area contributed by atoms with Gasteiger partial charge in [0.25, 0.3) is 5.56 Å². The molecule has 2 heterocycles. The number of likely N-dealkylation sites (tertiary alicyclic amines) is 1. The molecule has 4 heteroatoms. The maximum Gasteiger partial charge on any atom is 0.250 e. The van der Waals surface area contributed by atoms with Gasteiger partial charge in [-0.25, -0.2) is 0 Å². The molecule has 2 rings (SSSR count). The quantitative estimate of drug-likeness (QED) is 0.750. The van der Waals surface area contributed by atoms with E-state index >= 15 is 0 Å². The molecule has 4 nitrogen and oxygen atoms in total. The molecule has 0 bridgehead atoms. The number of nitrogens with one attached hydrogen (secondary N) is 1. The van der Waals surface area contributed by atoms with Gasteiger partial charge in [-0.3, -0.25) is 4.79 Å². The van der Waals surface area contributed by atoms with Crippen molar-refractivity contribution < 1.29 is 0 Å². The Morgan fingerprint density at radius 3 is 2.84 bits per heavy atom. The fourth-order valence-corrected chi connectivity index (χ4v) is 2.66. The van der Waals surface area contributed by atoms with Crippen molar-refractivity contribution in [3.8, 4) is 0 Å². The fraction of sp³-hybridized carbons (Fsp3) is 0.667. The van der Waals surface area contributed by atoms with E-state index in [1.165, 1.54) is 32.5 Å². The lowest BCUT2D eigenvalue weighted by Crippen LogP contribution is -2.33. The molecule has 1 aliphatic rings. The van der Waals surface area contributed by atoms with Gasteiger partial charge in [0.1, 0.15) is 0 Å². The van der Waals surface area contributed by atoms with Crippen molar-refractivity contribution >= 4 is 0 Å². The maximum atomic E-state index is 11.5. The molecular weight excluding hydrogens is 238 g/mol. The van der Waals surface area contributed by atoms with Gasteiger partial charge in [0, 0.05) is 31.9 Å². The average molecular weight is 263 g/mol. The van der Waals surface area contributed by atoms with Gasteiger partial charge in [-0.2, -0.15) is 0 Å². The molecule has 0 aliphatic carbocycles. The lowest BCUT2D eigenvalue weighted by molar-refractivity contribution is 0.282. The van der Waals surface area contributed by atoms with Crippen LogP contribution in [0.4, 0.5) is 0 Å². The molecule has 1 saturated heterocycles. The van der Waals surface area contributed by atoms with E-state index in [4.69, 9.17) is 0 Å². The van der Waals surface area contributed by atoms with Crippen LogP contribution in [0.2, 0.25) is 0 Å². The minimum Gasteiger partial charge on any atom is -0.315 e. The predicted octanol–water partition coefficient (Wildman–Crippen LogP) is 1.17. The smallest absolute Gasteiger partial charge is 0.250 e. The van der Waals surface area contributed by atoms with Gasteiger partial charge in [-0.1, -0.05) is 13.0 Å². The molecule has 19 heavy (non-hydrogen) atoms. The second-order valence-electron chi connectivity index (χ2n) is 5.55. The van der Waals surface area contributed by atoms with Gasteiger partial charge in [-0.15, -0.1) is 0 Å². The van der Waals surface area contributed by atoms with Crippen LogP contribution < -0.4 is 10.9 Å². The van der Waals surface area contributed by atoms with Gasteiger partial charge in [0.15, 0.2) is 0 Å². The molecule has 0 saturated carbocycles. The van der Waals surface area contributed by atoms with E-state index in [1.807, 2.05) is 12.3 Å². The third-order valence-electron chi connectivity index (χ3n) is 3.69. The van der Waals surface area contributed by atoms with Crippen LogP contribution >= 0.6 is 0 Å².